The van der Waals surface area contributed by atoms with Crippen molar-refractivity contribution < 1.29 is 19.8 Å². The second kappa shape index (κ2) is 8.06. The van der Waals surface area contributed by atoms with Gasteiger partial charge < -0.3 is 25.3 Å². The largest absolute Gasteiger partial charge is 0.479 e. The smallest absolute Gasteiger partial charge is 0.332 e. The summed E-state index contributed by atoms with van der Waals surface area (Å²) in [5.41, 5.74) is 0. The number of likely N-dealkylation sites (tertiary alicyclic amines) is 1. The average Bonchev–Trinajstić information content (AvgIpc) is 2.38. The number of aliphatic carboxylic acids is 1. The van der Waals surface area contributed by atoms with E-state index in [1.54, 1.807) is 4.90 Å². The molecule has 1 rings (SSSR count). The van der Waals surface area contributed by atoms with Gasteiger partial charge in [-0.15, -0.1) is 0 Å². The number of amides is 2. The molecule has 1 saturated heterocycles. The van der Waals surface area contributed by atoms with Crippen LogP contribution in [0.25, 0.3) is 0 Å². The van der Waals surface area contributed by atoms with Crippen molar-refractivity contribution in [2.75, 3.05) is 40.3 Å². The zero-order chi connectivity index (χ0) is 15.1. The van der Waals surface area contributed by atoms with Crippen LogP contribution < -0.4 is 5.32 Å². The van der Waals surface area contributed by atoms with Crippen molar-refractivity contribution in [2.24, 2.45) is 5.92 Å². The number of aliphatic hydroxyl groups excluding tert-OH is 1. The van der Waals surface area contributed by atoms with Gasteiger partial charge in [0.1, 0.15) is 0 Å². The van der Waals surface area contributed by atoms with E-state index in [0.29, 0.717) is 5.92 Å². The number of carbonyl (C=O) groups excluding carboxylic acids is 1. The first-order valence-corrected chi connectivity index (χ1v) is 6.98. The van der Waals surface area contributed by atoms with Gasteiger partial charge >= 0.3 is 12.0 Å². The molecule has 0 unspecified atom stereocenters. The van der Waals surface area contributed by atoms with Gasteiger partial charge in [-0.1, -0.05) is 0 Å². The van der Waals surface area contributed by atoms with E-state index in [-0.39, 0.29) is 19.0 Å². The first-order valence-electron chi connectivity index (χ1n) is 6.98. The predicted molar refractivity (Wildman–Crippen MR) is 74.5 cm³/mol. The number of nitrogens with zero attached hydrogens (tertiary/aromatic N) is 2. The molecule has 2 amide bonds. The number of urea groups is 1. The molecule has 7 heteroatoms. The third-order valence-corrected chi connectivity index (χ3v) is 3.50. The summed E-state index contributed by atoms with van der Waals surface area (Å²) in [7, 11) is 4.10. The summed E-state index contributed by atoms with van der Waals surface area (Å²) in [6.07, 6.45) is 0.589. The molecular weight excluding hydrogens is 262 g/mol. The summed E-state index contributed by atoms with van der Waals surface area (Å²) in [5, 5.41) is 20.3. The monoisotopic (exact) mass is 287 g/mol. The van der Waals surface area contributed by atoms with Crippen LogP contribution in [0.1, 0.15) is 19.3 Å². The Balaban J connectivity index is 2.21. The van der Waals surface area contributed by atoms with Crippen molar-refractivity contribution in [3.8, 4) is 0 Å². The number of piperidine rings is 1. The van der Waals surface area contributed by atoms with Crippen molar-refractivity contribution >= 4 is 12.0 Å². The topological polar surface area (TPSA) is 93.1 Å². The molecule has 0 aromatic heterocycles. The van der Waals surface area contributed by atoms with Crippen LogP contribution in [-0.2, 0) is 4.79 Å². The maximum Gasteiger partial charge on any atom is 0.332 e. The highest BCUT2D eigenvalue weighted by atomic mass is 16.4. The van der Waals surface area contributed by atoms with Gasteiger partial charge in [0.05, 0.1) is 0 Å². The lowest BCUT2D eigenvalue weighted by atomic mass is 9.97. The van der Waals surface area contributed by atoms with Crippen LogP contribution in [0, 0.1) is 5.92 Å². The summed E-state index contributed by atoms with van der Waals surface area (Å²) in [5.74, 6) is -0.633. The van der Waals surface area contributed by atoms with E-state index in [2.05, 4.69) is 10.2 Å². The average molecular weight is 287 g/mol. The van der Waals surface area contributed by atoms with Crippen LogP contribution in [0.15, 0.2) is 0 Å². The first kappa shape index (κ1) is 16.7. The zero-order valence-electron chi connectivity index (χ0n) is 12.2. The molecule has 1 aliphatic heterocycles. The van der Waals surface area contributed by atoms with E-state index in [0.717, 1.165) is 32.5 Å². The molecule has 1 aliphatic rings. The van der Waals surface area contributed by atoms with Gasteiger partial charge in [-0.05, 0) is 32.9 Å². The highest BCUT2D eigenvalue weighted by Gasteiger charge is 2.23. The zero-order valence-corrected chi connectivity index (χ0v) is 12.2. The molecule has 0 aromatic rings. The fourth-order valence-corrected chi connectivity index (χ4v) is 2.39. The van der Waals surface area contributed by atoms with Crippen LogP contribution >= 0.6 is 0 Å². The standard InChI is InChI=1S/C13H25N3O4/c1-15(2)9-10-4-7-16(8-5-10)13(20)14-6-3-11(17)12(18)19/h10-11,17H,3-9H2,1-2H3,(H,14,20)(H,18,19)/t11-/m0/s1. The van der Waals surface area contributed by atoms with E-state index in [4.69, 9.17) is 10.2 Å². The maximum atomic E-state index is 11.9. The van der Waals surface area contributed by atoms with Crippen LogP contribution in [-0.4, -0.2) is 78.4 Å². The van der Waals surface area contributed by atoms with Gasteiger partial charge in [-0.3, -0.25) is 0 Å². The van der Waals surface area contributed by atoms with Crippen LogP contribution in [0.3, 0.4) is 0 Å². The Morgan fingerprint density at radius 3 is 2.45 bits per heavy atom. The number of carboxylic acids is 1. The molecule has 116 valence electrons. The van der Waals surface area contributed by atoms with Gasteiger partial charge in [0, 0.05) is 32.6 Å². The van der Waals surface area contributed by atoms with Gasteiger partial charge in [-0.2, -0.15) is 0 Å². The second-order valence-electron chi connectivity index (χ2n) is 5.57. The molecule has 0 aliphatic carbocycles. The first-order chi connectivity index (χ1) is 9.40. The molecule has 0 bridgehead atoms. The molecule has 0 radical (unpaired) electrons. The number of hydrogen-bond acceptors (Lipinski definition) is 4. The van der Waals surface area contributed by atoms with Crippen LogP contribution in [0.4, 0.5) is 4.79 Å². The number of carbonyl (C=O) groups is 2. The highest BCUT2D eigenvalue weighted by Crippen LogP contribution is 2.17. The molecule has 1 heterocycles. The van der Waals surface area contributed by atoms with E-state index >= 15 is 0 Å². The predicted octanol–water partition coefficient (Wildman–Crippen LogP) is -0.195. The Labute approximate surface area is 119 Å². The van der Waals surface area contributed by atoms with E-state index in [9.17, 15) is 9.59 Å². The molecule has 3 N–H and O–H groups in total. The van der Waals surface area contributed by atoms with Crippen molar-refractivity contribution in [1.82, 2.24) is 15.1 Å². The third-order valence-electron chi connectivity index (χ3n) is 3.50. The minimum Gasteiger partial charge on any atom is -0.479 e. The number of carboxylic acid groups (broad SMARTS) is 1. The molecule has 7 nitrogen and oxygen atoms in total. The third kappa shape index (κ3) is 5.75. The SMILES string of the molecule is CN(C)CC1CCN(C(=O)NCC[C@H](O)C(=O)O)CC1. The van der Waals surface area contributed by atoms with Gasteiger partial charge in [0.25, 0.3) is 0 Å². The summed E-state index contributed by atoms with van der Waals surface area (Å²) in [4.78, 5) is 26.2. The molecular formula is C13H25N3O4. The summed E-state index contributed by atoms with van der Waals surface area (Å²) in [6, 6.07) is -0.175. The quantitative estimate of drug-likeness (QED) is 0.629. The fraction of sp³-hybridized carbons (Fsp3) is 0.846. The Morgan fingerprint density at radius 2 is 1.95 bits per heavy atom. The molecule has 0 aromatic carbocycles. The van der Waals surface area contributed by atoms with Gasteiger partial charge in [0.15, 0.2) is 6.10 Å². The van der Waals surface area contributed by atoms with Crippen molar-refractivity contribution in [1.29, 1.82) is 0 Å². The number of aliphatic hydroxyl groups is 1. The molecule has 0 spiro atoms. The van der Waals surface area contributed by atoms with Crippen LogP contribution in [0.2, 0.25) is 0 Å². The molecule has 20 heavy (non-hydrogen) atoms. The minimum atomic E-state index is -1.42. The minimum absolute atomic E-state index is 0.0260. The molecule has 1 atom stereocenters. The lowest BCUT2D eigenvalue weighted by Gasteiger charge is -2.33. The van der Waals surface area contributed by atoms with Gasteiger partial charge in [-0.25, -0.2) is 9.59 Å². The van der Waals surface area contributed by atoms with E-state index in [1.165, 1.54) is 0 Å². The van der Waals surface area contributed by atoms with E-state index < -0.39 is 12.1 Å². The lowest BCUT2D eigenvalue weighted by molar-refractivity contribution is -0.146. The molecule has 0 saturated carbocycles. The summed E-state index contributed by atoms with van der Waals surface area (Å²) in [6.45, 7) is 2.67. The summed E-state index contributed by atoms with van der Waals surface area (Å²) >= 11 is 0. The number of hydrogen-bond donors (Lipinski definition) is 3. The Bertz CT molecular complexity index is 328. The Kier molecular flexibility index (Phi) is 6.74. The summed E-state index contributed by atoms with van der Waals surface area (Å²) < 4.78 is 0. The lowest BCUT2D eigenvalue weighted by Crippen LogP contribution is -2.46. The fourth-order valence-electron chi connectivity index (χ4n) is 2.39. The van der Waals surface area contributed by atoms with Gasteiger partial charge in [0.2, 0.25) is 0 Å². The second-order valence-corrected chi connectivity index (χ2v) is 5.57. The van der Waals surface area contributed by atoms with Crippen molar-refractivity contribution in [2.45, 2.75) is 25.4 Å². The van der Waals surface area contributed by atoms with Crippen molar-refractivity contribution in [3.05, 3.63) is 0 Å². The van der Waals surface area contributed by atoms with E-state index in [1.807, 2.05) is 14.1 Å². The number of nitrogens with one attached hydrogen (secondary N) is 1. The highest BCUT2D eigenvalue weighted by molar-refractivity contribution is 5.74. The maximum absolute atomic E-state index is 11.9. The number of rotatable bonds is 6. The Morgan fingerprint density at radius 1 is 1.35 bits per heavy atom. The van der Waals surface area contributed by atoms with Crippen molar-refractivity contribution in [3.63, 3.8) is 0 Å². The Hall–Kier alpha value is -1.34. The molecule has 1 fully saturated rings. The normalized spacial score (nSPS) is 18.1. The van der Waals surface area contributed by atoms with Crippen LogP contribution in [0.5, 0.6) is 0 Å².